The predicted molar refractivity (Wildman–Crippen MR) is 216 cm³/mol. The first-order valence-electron chi connectivity index (χ1n) is 19.2. The highest BCUT2D eigenvalue weighted by Crippen LogP contribution is 2.36. The predicted octanol–water partition coefficient (Wildman–Crippen LogP) is 5.20. The van der Waals surface area contributed by atoms with Crippen LogP contribution < -0.4 is 25.4 Å². The van der Waals surface area contributed by atoms with Gasteiger partial charge in [0.2, 0.25) is 17.7 Å². The van der Waals surface area contributed by atoms with Crippen LogP contribution in [0, 0.1) is 12.7 Å². The number of fused-ring (bicyclic) bond motifs is 2. The summed E-state index contributed by atoms with van der Waals surface area (Å²) in [5, 5.41) is 9.69. The average molecular weight is 846 g/mol. The van der Waals surface area contributed by atoms with Crippen LogP contribution in [0.2, 0.25) is 0 Å². The molecule has 7 rings (SSSR count). The molecule has 4 amide bonds. The first-order chi connectivity index (χ1) is 27.5. The maximum atomic E-state index is 14.6. The van der Waals surface area contributed by atoms with E-state index in [4.69, 9.17) is 14.5 Å². The van der Waals surface area contributed by atoms with Gasteiger partial charge in [-0.3, -0.25) is 29.4 Å². The number of amides is 4. The third kappa shape index (κ3) is 9.12. The molecular formula is C41H46BrFN8O6. The Morgan fingerprint density at radius 1 is 1.05 bits per heavy atom. The highest BCUT2D eigenvalue weighted by Gasteiger charge is 2.40. The van der Waals surface area contributed by atoms with Crippen LogP contribution in [0.1, 0.15) is 66.0 Å². The van der Waals surface area contributed by atoms with Crippen molar-refractivity contribution >= 4 is 62.0 Å². The van der Waals surface area contributed by atoms with Crippen LogP contribution in [0.3, 0.4) is 0 Å². The van der Waals surface area contributed by atoms with Crippen molar-refractivity contribution < 1.29 is 33.0 Å². The topological polar surface area (TPSA) is 158 Å². The van der Waals surface area contributed by atoms with Gasteiger partial charge in [-0.05, 0) is 75.5 Å². The lowest BCUT2D eigenvalue weighted by atomic mass is 10.0. The average Bonchev–Trinajstić information content (AvgIpc) is 3.51. The Morgan fingerprint density at radius 3 is 2.61 bits per heavy atom. The van der Waals surface area contributed by atoms with Gasteiger partial charge in [0.25, 0.3) is 5.91 Å². The van der Waals surface area contributed by atoms with E-state index in [9.17, 15) is 23.6 Å². The number of aryl methyl sites for hydroxylation is 1. The van der Waals surface area contributed by atoms with Crippen molar-refractivity contribution in [2.75, 3.05) is 63.6 Å². The van der Waals surface area contributed by atoms with Crippen LogP contribution >= 0.6 is 15.9 Å². The van der Waals surface area contributed by atoms with Crippen molar-refractivity contribution in [3.63, 3.8) is 0 Å². The minimum Gasteiger partial charge on any atom is -0.493 e. The van der Waals surface area contributed by atoms with E-state index in [1.807, 2.05) is 31.2 Å². The fourth-order valence-corrected chi connectivity index (χ4v) is 8.02. The van der Waals surface area contributed by atoms with Crippen LogP contribution in [0.25, 0.3) is 10.9 Å². The molecule has 0 bridgehead atoms. The molecule has 14 nitrogen and oxygen atoms in total. The first-order valence-corrected chi connectivity index (χ1v) is 20.0. The number of piperazine rings is 1. The van der Waals surface area contributed by atoms with Crippen molar-refractivity contribution in [3.8, 4) is 11.5 Å². The number of carbonyl (C=O) groups excluding carboxylic acids is 4. The molecule has 57 heavy (non-hydrogen) atoms. The molecule has 3 N–H and O–H groups in total. The Bertz CT molecular complexity index is 2200. The fraction of sp³-hybridized carbons (Fsp3) is 0.415. The molecule has 1 aromatic heterocycles. The van der Waals surface area contributed by atoms with Gasteiger partial charge in [-0.2, -0.15) is 0 Å². The molecule has 0 aliphatic carbocycles. The van der Waals surface area contributed by atoms with Crippen LogP contribution in [0.5, 0.6) is 11.5 Å². The lowest BCUT2D eigenvalue weighted by molar-refractivity contribution is -0.137. The van der Waals surface area contributed by atoms with Gasteiger partial charge in [0.1, 0.15) is 23.5 Å². The molecule has 3 aliphatic rings. The molecule has 2 saturated heterocycles. The van der Waals surface area contributed by atoms with E-state index in [0.717, 1.165) is 65.3 Å². The fourth-order valence-electron chi connectivity index (χ4n) is 7.61. The van der Waals surface area contributed by atoms with Crippen LogP contribution in [-0.4, -0.2) is 107 Å². The highest BCUT2D eigenvalue weighted by molar-refractivity contribution is 9.10. The molecule has 4 heterocycles. The summed E-state index contributed by atoms with van der Waals surface area (Å²) in [6, 6.07) is 13.6. The maximum Gasteiger partial charge on any atom is 0.255 e. The van der Waals surface area contributed by atoms with Crippen molar-refractivity contribution in [1.82, 2.24) is 30.0 Å². The second-order valence-electron chi connectivity index (χ2n) is 14.6. The molecule has 0 radical (unpaired) electrons. The molecule has 2 atom stereocenters. The normalized spacial score (nSPS) is 17.7. The number of carbonyl (C=O) groups is 4. The molecule has 3 aromatic carbocycles. The van der Waals surface area contributed by atoms with Gasteiger partial charge < -0.3 is 29.9 Å². The summed E-state index contributed by atoms with van der Waals surface area (Å²) in [6.07, 6.45) is 2.06. The van der Waals surface area contributed by atoms with E-state index in [0.29, 0.717) is 48.3 Å². The number of nitrogens with one attached hydrogen (secondary N) is 3. The van der Waals surface area contributed by atoms with Crippen molar-refractivity contribution in [2.24, 2.45) is 0 Å². The number of rotatable bonds is 14. The minimum atomic E-state index is -0.813. The minimum absolute atomic E-state index is 0.00680. The van der Waals surface area contributed by atoms with Gasteiger partial charge in [-0.15, -0.1) is 0 Å². The second-order valence-corrected chi connectivity index (χ2v) is 15.5. The van der Waals surface area contributed by atoms with Crippen LogP contribution in [-0.2, 0) is 20.9 Å². The summed E-state index contributed by atoms with van der Waals surface area (Å²) >= 11 is 3.55. The summed E-state index contributed by atoms with van der Waals surface area (Å²) in [4.78, 5) is 65.2. The number of hydrogen-bond acceptors (Lipinski definition) is 11. The van der Waals surface area contributed by atoms with Gasteiger partial charge in [0, 0.05) is 71.9 Å². The van der Waals surface area contributed by atoms with Crippen LogP contribution in [0.15, 0.2) is 53.0 Å². The number of methoxy groups -OCH3 is 1. The zero-order valence-electron chi connectivity index (χ0n) is 32.2. The summed E-state index contributed by atoms with van der Waals surface area (Å²) in [7, 11) is 1.62. The van der Waals surface area contributed by atoms with Gasteiger partial charge in [-0.25, -0.2) is 14.4 Å². The highest BCUT2D eigenvalue weighted by atomic mass is 79.9. The lowest BCUT2D eigenvalue weighted by Gasteiger charge is -2.35. The molecule has 300 valence electrons. The number of anilines is 2. The zero-order valence-corrected chi connectivity index (χ0v) is 33.8. The molecule has 16 heteroatoms. The van der Waals surface area contributed by atoms with Crippen molar-refractivity contribution in [2.45, 2.75) is 58.2 Å². The van der Waals surface area contributed by atoms with E-state index in [1.165, 1.54) is 11.0 Å². The number of ether oxygens (including phenoxy) is 2. The van der Waals surface area contributed by atoms with Crippen molar-refractivity contribution in [3.05, 3.63) is 81.3 Å². The maximum absolute atomic E-state index is 14.6. The third-order valence-corrected chi connectivity index (χ3v) is 11.2. The quantitative estimate of drug-likeness (QED) is 0.113. The van der Waals surface area contributed by atoms with E-state index in [2.05, 4.69) is 60.8 Å². The number of benzene rings is 3. The monoisotopic (exact) mass is 844 g/mol. The molecule has 2 fully saturated rings. The number of unbranched alkanes of at least 4 members (excludes halogenated alkanes) is 1. The Hall–Kier alpha value is -5.35. The third-order valence-electron chi connectivity index (χ3n) is 10.7. The number of halogens is 2. The molecule has 0 spiro atoms. The van der Waals surface area contributed by atoms with E-state index in [1.54, 1.807) is 12.0 Å². The number of hydrogen-bond donors (Lipinski definition) is 3. The summed E-state index contributed by atoms with van der Waals surface area (Å²) in [6.45, 7) is 7.93. The van der Waals surface area contributed by atoms with Gasteiger partial charge in [-0.1, -0.05) is 28.1 Å². The molecule has 0 saturated carbocycles. The summed E-state index contributed by atoms with van der Waals surface area (Å²) < 4.78 is 27.5. The van der Waals surface area contributed by atoms with E-state index >= 15 is 0 Å². The number of aromatic nitrogens is 2. The van der Waals surface area contributed by atoms with Gasteiger partial charge >= 0.3 is 0 Å². The number of piperidine rings is 1. The summed E-state index contributed by atoms with van der Waals surface area (Å²) in [5.41, 5.74) is 2.91. The largest absolute Gasteiger partial charge is 0.493 e. The van der Waals surface area contributed by atoms with Crippen molar-refractivity contribution in [1.29, 1.82) is 0 Å². The Labute approximate surface area is 338 Å². The molecule has 3 aliphatic heterocycles. The zero-order chi connectivity index (χ0) is 40.2. The second kappa shape index (κ2) is 17.4. The SMILES string of the molecule is COc1cc2c(NC(C)c3cccc(Br)c3)nc(C)nc2cc1OCCCCN1CCN(C(=O)CNc2cc(F)cc3c2CN(C2CCC(=O)NC2=O)C3=O)CC1. The Kier molecular flexibility index (Phi) is 12.2. The molecule has 2 unspecified atom stereocenters. The number of nitrogens with zero attached hydrogens (tertiary/aromatic N) is 5. The van der Waals surface area contributed by atoms with Crippen LogP contribution in [0.4, 0.5) is 15.9 Å². The Morgan fingerprint density at radius 2 is 1.86 bits per heavy atom. The Balaban J connectivity index is 0.862. The smallest absolute Gasteiger partial charge is 0.255 e. The van der Waals surface area contributed by atoms with E-state index in [-0.39, 0.29) is 49.4 Å². The molecule has 4 aromatic rings. The van der Waals surface area contributed by atoms with E-state index < -0.39 is 23.7 Å². The molecular weight excluding hydrogens is 799 g/mol. The first kappa shape index (κ1) is 39.9. The number of imide groups is 1. The lowest BCUT2D eigenvalue weighted by Crippen LogP contribution is -2.52. The standard InChI is InChI=1S/C41H46BrFN8O6/c1-24(26-7-6-8-27(42)17-26)45-39-30-20-35(56-3)36(21-33(30)46-25(2)47-39)57-16-5-4-11-49-12-14-50(15-13-49)38(53)22-44-32-19-28(43)18-29-31(32)23-51(41(29)55)34-9-10-37(52)48-40(34)54/h6-8,17-21,24,34,44H,4-5,9-16,22-23H2,1-3H3,(H,45,46,47)(H,48,52,54). The summed E-state index contributed by atoms with van der Waals surface area (Å²) in [5.74, 6) is 0.460. The van der Waals surface area contributed by atoms with Gasteiger partial charge in [0.15, 0.2) is 11.5 Å². The van der Waals surface area contributed by atoms with Gasteiger partial charge in [0.05, 0.1) is 31.8 Å².